The van der Waals surface area contributed by atoms with E-state index >= 15 is 0 Å². The van der Waals surface area contributed by atoms with Gasteiger partial charge in [-0.15, -0.1) is 0 Å². The molecule has 0 aromatic heterocycles. The fourth-order valence-corrected chi connectivity index (χ4v) is 6.80. The van der Waals surface area contributed by atoms with E-state index < -0.39 is 10.0 Å². The minimum Gasteiger partial charge on any atom is -0.371 e. The standard InChI is InChI=1S/C26H35N3O3S/c1-20-10-11-25(21(2)18-20)33(31,32)29-16-12-22(13-17-29)26(30)27(3)19-23-8-4-5-9-24(23)28-14-6-7-15-28/h4-5,8-11,18,22H,6-7,12-17,19H2,1-3H3. The monoisotopic (exact) mass is 469 g/mol. The van der Waals surface area contributed by atoms with Crippen LogP contribution in [0.5, 0.6) is 0 Å². The molecule has 2 saturated heterocycles. The smallest absolute Gasteiger partial charge is 0.243 e. The number of carbonyl (C=O) groups is 1. The third-order valence-electron chi connectivity index (χ3n) is 6.97. The quantitative estimate of drug-likeness (QED) is 0.643. The van der Waals surface area contributed by atoms with Gasteiger partial charge >= 0.3 is 0 Å². The number of hydrogen-bond acceptors (Lipinski definition) is 4. The number of anilines is 1. The van der Waals surface area contributed by atoms with Crippen molar-refractivity contribution in [1.29, 1.82) is 0 Å². The molecule has 2 aliphatic rings. The average molecular weight is 470 g/mol. The predicted octanol–water partition coefficient (Wildman–Crippen LogP) is 3.96. The summed E-state index contributed by atoms with van der Waals surface area (Å²) in [6, 6.07) is 13.8. The van der Waals surface area contributed by atoms with Crippen molar-refractivity contribution < 1.29 is 13.2 Å². The molecule has 0 aliphatic carbocycles. The number of piperidine rings is 1. The minimum atomic E-state index is -3.54. The highest BCUT2D eigenvalue weighted by atomic mass is 32.2. The maximum Gasteiger partial charge on any atom is 0.243 e. The summed E-state index contributed by atoms with van der Waals surface area (Å²) in [5, 5.41) is 0. The van der Waals surface area contributed by atoms with Crippen molar-refractivity contribution in [3.63, 3.8) is 0 Å². The molecule has 0 atom stereocenters. The summed E-state index contributed by atoms with van der Waals surface area (Å²) in [4.78, 5) is 17.8. The first-order valence-corrected chi connectivity index (χ1v) is 13.4. The van der Waals surface area contributed by atoms with E-state index in [2.05, 4.69) is 23.1 Å². The van der Waals surface area contributed by atoms with Gasteiger partial charge in [-0.1, -0.05) is 35.9 Å². The van der Waals surface area contributed by atoms with Gasteiger partial charge < -0.3 is 9.80 Å². The Labute approximate surface area is 198 Å². The number of aryl methyl sites for hydroxylation is 2. The zero-order valence-corrected chi connectivity index (χ0v) is 20.8. The van der Waals surface area contributed by atoms with Crippen molar-refractivity contribution in [2.75, 3.05) is 38.1 Å². The molecular weight excluding hydrogens is 434 g/mol. The van der Waals surface area contributed by atoms with Crippen LogP contribution in [-0.2, 0) is 21.4 Å². The molecule has 0 bridgehead atoms. The first kappa shape index (κ1) is 23.8. The lowest BCUT2D eigenvalue weighted by molar-refractivity contribution is -0.135. The van der Waals surface area contributed by atoms with Crippen LogP contribution in [0.1, 0.15) is 42.4 Å². The Bertz CT molecular complexity index is 1100. The third-order valence-corrected chi connectivity index (χ3v) is 9.03. The Hall–Kier alpha value is -2.38. The molecule has 4 rings (SSSR count). The van der Waals surface area contributed by atoms with Crippen molar-refractivity contribution in [3.8, 4) is 0 Å². The summed E-state index contributed by atoms with van der Waals surface area (Å²) >= 11 is 0. The second-order valence-corrected chi connectivity index (χ2v) is 11.4. The Balaban J connectivity index is 1.38. The SMILES string of the molecule is Cc1ccc(S(=O)(=O)N2CCC(C(=O)N(C)Cc3ccccc3N3CCCC3)CC2)c(C)c1. The molecule has 1 amide bonds. The van der Waals surface area contributed by atoms with Gasteiger partial charge in [-0.25, -0.2) is 8.42 Å². The Morgan fingerprint density at radius 2 is 1.67 bits per heavy atom. The molecule has 6 nitrogen and oxygen atoms in total. The van der Waals surface area contributed by atoms with Crippen LogP contribution in [0.3, 0.4) is 0 Å². The molecule has 2 aromatic rings. The molecule has 0 unspecified atom stereocenters. The fraction of sp³-hybridized carbons (Fsp3) is 0.500. The lowest BCUT2D eigenvalue weighted by Gasteiger charge is -2.33. The van der Waals surface area contributed by atoms with E-state index in [4.69, 9.17) is 0 Å². The zero-order valence-electron chi connectivity index (χ0n) is 20.0. The van der Waals surface area contributed by atoms with Crippen molar-refractivity contribution in [3.05, 3.63) is 59.2 Å². The van der Waals surface area contributed by atoms with Crippen molar-refractivity contribution in [2.24, 2.45) is 5.92 Å². The second-order valence-electron chi connectivity index (χ2n) is 9.46. The maximum absolute atomic E-state index is 13.2. The summed E-state index contributed by atoms with van der Waals surface area (Å²) in [5.41, 5.74) is 4.21. The number of benzene rings is 2. The van der Waals surface area contributed by atoms with E-state index in [0.717, 1.165) is 24.2 Å². The summed E-state index contributed by atoms with van der Waals surface area (Å²) in [5.74, 6) is -0.0331. The van der Waals surface area contributed by atoms with Crippen LogP contribution in [-0.4, -0.2) is 56.8 Å². The van der Waals surface area contributed by atoms with E-state index in [9.17, 15) is 13.2 Å². The minimum absolute atomic E-state index is 0.106. The topological polar surface area (TPSA) is 60.9 Å². The fourth-order valence-electron chi connectivity index (χ4n) is 5.13. The highest BCUT2D eigenvalue weighted by Gasteiger charge is 2.34. The van der Waals surface area contributed by atoms with Crippen molar-refractivity contribution in [1.82, 2.24) is 9.21 Å². The zero-order chi connectivity index (χ0) is 23.6. The van der Waals surface area contributed by atoms with E-state index in [1.165, 1.54) is 28.4 Å². The van der Waals surface area contributed by atoms with Crippen LogP contribution in [0, 0.1) is 19.8 Å². The molecule has 33 heavy (non-hydrogen) atoms. The first-order valence-electron chi connectivity index (χ1n) is 11.9. The number of nitrogens with zero attached hydrogens (tertiary/aromatic N) is 3. The third kappa shape index (κ3) is 5.09. The molecule has 0 N–H and O–H groups in total. The van der Waals surface area contributed by atoms with Gasteiger partial charge in [-0.2, -0.15) is 4.31 Å². The van der Waals surface area contributed by atoms with Crippen LogP contribution in [0.15, 0.2) is 47.4 Å². The van der Waals surface area contributed by atoms with Crippen molar-refractivity contribution in [2.45, 2.75) is 51.0 Å². The summed E-state index contributed by atoms with van der Waals surface area (Å²) in [7, 11) is -1.68. The van der Waals surface area contributed by atoms with Gasteiger partial charge in [0, 0.05) is 51.4 Å². The van der Waals surface area contributed by atoms with E-state index in [0.29, 0.717) is 37.4 Å². The number of amides is 1. The van der Waals surface area contributed by atoms with Crippen LogP contribution in [0.2, 0.25) is 0 Å². The molecule has 0 radical (unpaired) electrons. The Kier molecular flexibility index (Phi) is 7.10. The molecule has 178 valence electrons. The molecule has 2 aromatic carbocycles. The van der Waals surface area contributed by atoms with E-state index in [1.54, 1.807) is 6.07 Å². The van der Waals surface area contributed by atoms with Gasteiger partial charge in [0.1, 0.15) is 0 Å². The number of rotatable bonds is 6. The lowest BCUT2D eigenvalue weighted by Crippen LogP contribution is -2.43. The van der Waals surface area contributed by atoms with Gasteiger partial charge in [0.2, 0.25) is 15.9 Å². The van der Waals surface area contributed by atoms with Gasteiger partial charge in [0.05, 0.1) is 4.90 Å². The molecule has 2 heterocycles. The highest BCUT2D eigenvalue weighted by Crippen LogP contribution is 2.29. The van der Waals surface area contributed by atoms with Crippen molar-refractivity contribution >= 4 is 21.6 Å². The largest absolute Gasteiger partial charge is 0.371 e. The number of para-hydroxylation sites is 1. The lowest BCUT2D eigenvalue weighted by atomic mass is 9.96. The Morgan fingerprint density at radius 1 is 1.00 bits per heavy atom. The summed E-state index contributed by atoms with van der Waals surface area (Å²) in [6.45, 7) is 7.27. The van der Waals surface area contributed by atoms with Gasteiger partial charge in [0.25, 0.3) is 0 Å². The maximum atomic E-state index is 13.2. The van der Waals surface area contributed by atoms with Crippen LogP contribution in [0.25, 0.3) is 0 Å². The predicted molar refractivity (Wildman–Crippen MR) is 132 cm³/mol. The Morgan fingerprint density at radius 3 is 2.33 bits per heavy atom. The molecule has 2 fully saturated rings. The normalized spacial score (nSPS) is 18.0. The summed E-state index contributed by atoms with van der Waals surface area (Å²) in [6.07, 6.45) is 3.54. The van der Waals surface area contributed by atoms with E-state index in [1.807, 2.05) is 44.0 Å². The number of sulfonamides is 1. The number of hydrogen-bond donors (Lipinski definition) is 0. The first-order chi connectivity index (χ1) is 15.8. The molecule has 0 spiro atoms. The molecule has 7 heteroatoms. The highest BCUT2D eigenvalue weighted by molar-refractivity contribution is 7.89. The summed E-state index contributed by atoms with van der Waals surface area (Å²) < 4.78 is 27.9. The molecule has 0 saturated carbocycles. The molecule has 2 aliphatic heterocycles. The van der Waals surface area contributed by atoms with Gasteiger partial charge in [0.15, 0.2) is 0 Å². The van der Waals surface area contributed by atoms with Crippen LogP contribution >= 0.6 is 0 Å². The van der Waals surface area contributed by atoms with Crippen LogP contribution < -0.4 is 4.90 Å². The van der Waals surface area contributed by atoms with Gasteiger partial charge in [-0.3, -0.25) is 4.79 Å². The average Bonchev–Trinajstić information content (AvgIpc) is 3.33. The van der Waals surface area contributed by atoms with Crippen LogP contribution in [0.4, 0.5) is 5.69 Å². The molecular formula is C26H35N3O3S. The number of carbonyl (C=O) groups excluding carboxylic acids is 1. The van der Waals surface area contributed by atoms with Gasteiger partial charge in [-0.05, 0) is 62.8 Å². The second kappa shape index (κ2) is 9.85. The van der Waals surface area contributed by atoms with E-state index in [-0.39, 0.29) is 11.8 Å².